The second-order valence-corrected chi connectivity index (χ2v) is 9.72. The van der Waals surface area contributed by atoms with Gasteiger partial charge in [0.2, 0.25) is 0 Å². The van der Waals surface area contributed by atoms with Crippen LogP contribution in [-0.4, -0.2) is 62.2 Å². The molecule has 1 amide bonds. The summed E-state index contributed by atoms with van der Waals surface area (Å²) in [5, 5.41) is 9.04. The lowest BCUT2D eigenvalue weighted by atomic mass is 9.95. The van der Waals surface area contributed by atoms with E-state index in [-0.39, 0.29) is 46.9 Å². The summed E-state index contributed by atoms with van der Waals surface area (Å²) < 4.78 is 52.8. The van der Waals surface area contributed by atoms with Gasteiger partial charge in [-0.2, -0.15) is 0 Å². The highest BCUT2D eigenvalue weighted by Gasteiger charge is 2.39. The van der Waals surface area contributed by atoms with Crippen LogP contribution in [0.1, 0.15) is 29.6 Å². The van der Waals surface area contributed by atoms with Crippen LogP contribution in [0, 0.1) is 5.82 Å². The van der Waals surface area contributed by atoms with E-state index in [0.29, 0.717) is 12.8 Å². The van der Waals surface area contributed by atoms with Crippen LogP contribution in [0.15, 0.2) is 47.4 Å². The summed E-state index contributed by atoms with van der Waals surface area (Å²) in [7, 11) is -2.44. The Bertz CT molecular complexity index is 1190. The van der Waals surface area contributed by atoms with Crippen LogP contribution >= 0.6 is 0 Å². The van der Waals surface area contributed by atoms with Gasteiger partial charge < -0.3 is 19.5 Å². The number of nitrogens with zero attached hydrogens (tertiary/aromatic N) is 1. The molecule has 176 valence electrons. The van der Waals surface area contributed by atoms with Gasteiger partial charge in [-0.25, -0.2) is 12.8 Å². The molecular weight excluding hydrogens is 455 g/mol. The first kappa shape index (κ1) is 23.0. The number of ether oxygens (including phenoxy) is 2. The monoisotopic (exact) mass is 478 g/mol. The van der Waals surface area contributed by atoms with Gasteiger partial charge in [0.25, 0.3) is 15.9 Å². The fraction of sp³-hybridized carbons (Fsp3) is 0.364. The van der Waals surface area contributed by atoms with E-state index in [4.69, 9.17) is 14.6 Å². The van der Waals surface area contributed by atoms with Crippen molar-refractivity contribution in [3.63, 3.8) is 0 Å². The number of amides is 1. The molecule has 1 fully saturated rings. The number of fused-ring (bicyclic) bond motifs is 2. The summed E-state index contributed by atoms with van der Waals surface area (Å²) in [6, 6.07) is 8.58. The van der Waals surface area contributed by atoms with Crippen LogP contribution in [0.4, 0.5) is 10.1 Å². The van der Waals surface area contributed by atoms with Crippen molar-refractivity contribution in [1.29, 1.82) is 0 Å². The van der Waals surface area contributed by atoms with E-state index in [2.05, 4.69) is 4.72 Å². The number of carbonyl (C=O) groups excluding carboxylic acids is 1. The average molecular weight is 478 g/mol. The summed E-state index contributed by atoms with van der Waals surface area (Å²) in [5.74, 6) is -1.76. The molecule has 2 aliphatic heterocycles. The molecule has 0 radical (unpaired) electrons. The van der Waals surface area contributed by atoms with Crippen LogP contribution in [0.2, 0.25) is 0 Å². The van der Waals surface area contributed by atoms with E-state index in [1.165, 1.54) is 35.2 Å². The van der Waals surface area contributed by atoms with Gasteiger partial charge in [-0.3, -0.25) is 14.3 Å². The van der Waals surface area contributed by atoms with Crippen LogP contribution in [0.5, 0.6) is 5.75 Å². The molecule has 0 aliphatic carbocycles. The zero-order valence-corrected chi connectivity index (χ0v) is 18.5. The lowest BCUT2D eigenvalue weighted by Gasteiger charge is -2.42. The Morgan fingerprint density at radius 1 is 1.24 bits per heavy atom. The second-order valence-electron chi connectivity index (χ2n) is 8.04. The lowest BCUT2D eigenvalue weighted by Crippen LogP contribution is -2.53. The first-order valence-electron chi connectivity index (χ1n) is 10.3. The Morgan fingerprint density at radius 3 is 2.76 bits per heavy atom. The maximum Gasteiger partial charge on any atom is 0.305 e. The normalized spacial score (nSPS) is 22.9. The first-order valence-corrected chi connectivity index (χ1v) is 11.8. The molecule has 1 saturated heterocycles. The molecule has 2 aromatic rings. The molecule has 2 aromatic carbocycles. The maximum absolute atomic E-state index is 13.5. The van der Waals surface area contributed by atoms with Gasteiger partial charge in [-0.1, -0.05) is 6.07 Å². The average Bonchev–Trinajstić information content (AvgIpc) is 2.76. The molecule has 2 heterocycles. The SMILES string of the molecule is CN1C(=O)c2cc(NS(=O)(=O)c3cccc(F)c3)ccc2OC[C@H]2O[C@H](CC(=O)O)CC[C@@H]21. The van der Waals surface area contributed by atoms with E-state index in [1.807, 2.05) is 0 Å². The molecule has 0 saturated carbocycles. The minimum absolute atomic E-state index is 0.111. The molecule has 0 spiro atoms. The van der Waals surface area contributed by atoms with E-state index in [1.54, 1.807) is 7.05 Å². The third-order valence-electron chi connectivity index (χ3n) is 5.77. The molecule has 0 unspecified atom stereocenters. The topological polar surface area (TPSA) is 122 Å². The number of halogens is 1. The highest BCUT2D eigenvalue weighted by molar-refractivity contribution is 7.92. The molecule has 33 heavy (non-hydrogen) atoms. The summed E-state index contributed by atoms with van der Waals surface area (Å²) in [6.07, 6.45) is -0.0154. The Morgan fingerprint density at radius 2 is 2.03 bits per heavy atom. The minimum atomic E-state index is -4.07. The van der Waals surface area contributed by atoms with Gasteiger partial charge in [0, 0.05) is 12.7 Å². The molecule has 11 heteroatoms. The van der Waals surface area contributed by atoms with Crippen molar-refractivity contribution in [2.75, 3.05) is 18.4 Å². The van der Waals surface area contributed by atoms with Crippen LogP contribution < -0.4 is 9.46 Å². The number of benzene rings is 2. The summed E-state index contributed by atoms with van der Waals surface area (Å²) in [4.78, 5) is 25.5. The van der Waals surface area contributed by atoms with Gasteiger partial charge in [-0.05, 0) is 49.2 Å². The third-order valence-corrected chi connectivity index (χ3v) is 7.15. The maximum atomic E-state index is 13.5. The number of hydrogen-bond acceptors (Lipinski definition) is 6. The minimum Gasteiger partial charge on any atom is -0.490 e. The van der Waals surface area contributed by atoms with Gasteiger partial charge in [0.1, 0.15) is 24.3 Å². The smallest absolute Gasteiger partial charge is 0.305 e. The number of carboxylic acids is 1. The molecule has 9 nitrogen and oxygen atoms in total. The fourth-order valence-electron chi connectivity index (χ4n) is 4.13. The Kier molecular flexibility index (Phi) is 6.26. The highest BCUT2D eigenvalue weighted by atomic mass is 32.2. The highest BCUT2D eigenvalue weighted by Crippen LogP contribution is 2.33. The number of sulfonamides is 1. The summed E-state index contributed by atoms with van der Waals surface area (Å²) >= 11 is 0. The standard InChI is InChI=1S/C22H23FN2O7S/c1-25-18-7-6-15(11-21(26)27)32-20(18)12-31-19-8-5-14(10-17(19)22(25)28)24-33(29,30)16-4-2-3-13(23)9-16/h2-5,8-10,15,18,20,24H,6-7,11-12H2,1H3,(H,26,27)/t15-,18-,20+/m0/s1. The third kappa shape index (κ3) is 4.93. The van der Waals surface area contributed by atoms with Crippen LogP contribution in [0.25, 0.3) is 0 Å². The van der Waals surface area contributed by atoms with Gasteiger partial charge in [-0.15, -0.1) is 0 Å². The largest absolute Gasteiger partial charge is 0.490 e. The van der Waals surface area contributed by atoms with Crippen molar-refractivity contribution in [2.45, 2.75) is 42.4 Å². The number of rotatable bonds is 5. The van der Waals surface area contributed by atoms with Crippen LogP contribution in [0.3, 0.4) is 0 Å². The predicted octanol–water partition coefficient (Wildman–Crippen LogP) is 2.48. The molecule has 0 aromatic heterocycles. The van der Waals surface area contributed by atoms with Crippen molar-refractivity contribution < 1.29 is 37.0 Å². The molecule has 4 rings (SSSR count). The lowest BCUT2D eigenvalue weighted by molar-refractivity contribution is -0.148. The number of aliphatic carboxylic acids is 1. The van der Waals surface area contributed by atoms with Crippen molar-refractivity contribution >= 4 is 27.6 Å². The van der Waals surface area contributed by atoms with Crippen molar-refractivity contribution in [3.05, 3.63) is 53.8 Å². The molecule has 3 atom stereocenters. The first-order chi connectivity index (χ1) is 15.6. The Labute approximate surface area is 190 Å². The number of anilines is 1. The van der Waals surface area contributed by atoms with E-state index in [9.17, 15) is 22.4 Å². The zero-order chi connectivity index (χ0) is 23.8. The van der Waals surface area contributed by atoms with E-state index < -0.39 is 34.0 Å². The molecule has 2 aliphatic rings. The summed E-state index contributed by atoms with van der Waals surface area (Å²) in [6.45, 7) is 0.111. The molecular formula is C22H23FN2O7S. The fourth-order valence-corrected chi connectivity index (χ4v) is 5.21. The number of nitrogens with one attached hydrogen (secondary N) is 1. The Hall–Kier alpha value is -3.18. The number of carboxylic acid groups (broad SMARTS) is 1. The zero-order valence-electron chi connectivity index (χ0n) is 17.7. The van der Waals surface area contributed by atoms with Crippen molar-refractivity contribution in [1.82, 2.24) is 4.90 Å². The second kappa shape index (κ2) is 8.99. The van der Waals surface area contributed by atoms with Gasteiger partial charge in [0.15, 0.2) is 0 Å². The summed E-state index contributed by atoms with van der Waals surface area (Å²) in [5.41, 5.74) is 0.296. The quantitative estimate of drug-likeness (QED) is 0.677. The number of carbonyl (C=O) groups is 2. The van der Waals surface area contributed by atoms with Crippen molar-refractivity contribution in [2.24, 2.45) is 0 Å². The molecule has 2 N–H and O–H groups in total. The van der Waals surface area contributed by atoms with Crippen LogP contribution in [-0.2, 0) is 19.6 Å². The van der Waals surface area contributed by atoms with E-state index in [0.717, 1.165) is 12.1 Å². The Balaban J connectivity index is 1.58. The predicted molar refractivity (Wildman–Crippen MR) is 115 cm³/mol. The number of hydrogen-bond donors (Lipinski definition) is 2. The molecule has 0 bridgehead atoms. The van der Waals surface area contributed by atoms with Gasteiger partial charge >= 0.3 is 5.97 Å². The van der Waals surface area contributed by atoms with Crippen molar-refractivity contribution in [3.8, 4) is 5.75 Å². The van der Waals surface area contributed by atoms with Gasteiger partial charge in [0.05, 0.1) is 29.0 Å². The van der Waals surface area contributed by atoms with E-state index >= 15 is 0 Å². The number of likely N-dealkylation sites (N-methyl/N-ethyl adjacent to an activating group) is 1.